The van der Waals surface area contributed by atoms with Crippen molar-refractivity contribution in [2.45, 2.75) is 0 Å². The van der Waals surface area contributed by atoms with Gasteiger partial charge in [-0.3, -0.25) is 0 Å². The standard InChI is InChI=1S/C50H31NOS/c1-2-14-32(15-3-1)49-42-21-6-4-17-36(42)37-18-5-7-22-43(37)50(49)51(34-27-29-41-40-20-10-13-25-47(40)53-48(41)31-34)44-23-11-8-16-35(44)33-26-28-39-38-19-9-12-24-45(38)52-46(39)30-33/h1-31H. The van der Waals surface area contributed by atoms with Crippen LogP contribution in [-0.2, 0) is 0 Å². The zero-order valence-corrected chi connectivity index (χ0v) is 29.5. The van der Waals surface area contributed by atoms with E-state index in [-0.39, 0.29) is 0 Å². The van der Waals surface area contributed by atoms with Crippen molar-refractivity contribution in [2.24, 2.45) is 0 Å². The summed E-state index contributed by atoms with van der Waals surface area (Å²) in [6.45, 7) is 0. The molecule has 2 aromatic heterocycles. The molecule has 11 rings (SSSR count). The number of thiophene rings is 1. The van der Waals surface area contributed by atoms with E-state index in [0.29, 0.717) is 0 Å². The maximum Gasteiger partial charge on any atom is 0.136 e. The molecule has 3 heteroatoms. The first kappa shape index (κ1) is 30.0. The third-order valence-corrected chi connectivity index (χ3v) is 11.8. The van der Waals surface area contributed by atoms with E-state index in [1.54, 1.807) is 0 Å². The highest BCUT2D eigenvalue weighted by atomic mass is 32.1. The second-order valence-corrected chi connectivity index (χ2v) is 14.7. The Morgan fingerprint density at radius 1 is 0.377 bits per heavy atom. The first-order valence-corrected chi connectivity index (χ1v) is 18.8. The first-order chi connectivity index (χ1) is 26.3. The lowest BCUT2D eigenvalue weighted by Gasteiger charge is -2.32. The number of hydrogen-bond acceptors (Lipinski definition) is 3. The zero-order valence-electron chi connectivity index (χ0n) is 28.7. The van der Waals surface area contributed by atoms with E-state index < -0.39 is 0 Å². The minimum atomic E-state index is 0.887. The summed E-state index contributed by atoms with van der Waals surface area (Å²) >= 11 is 1.86. The number of anilines is 3. The van der Waals surface area contributed by atoms with Crippen LogP contribution in [0.5, 0.6) is 0 Å². The zero-order chi connectivity index (χ0) is 34.9. The molecule has 0 saturated heterocycles. The van der Waals surface area contributed by atoms with Crippen LogP contribution < -0.4 is 4.90 Å². The summed E-state index contributed by atoms with van der Waals surface area (Å²) in [5, 5.41) is 9.74. The molecule has 0 atom stereocenters. The van der Waals surface area contributed by atoms with Gasteiger partial charge in [0.15, 0.2) is 0 Å². The number of rotatable bonds is 5. The Morgan fingerprint density at radius 2 is 0.981 bits per heavy atom. The van der Waals surface area contributed by atoms with Crippen LogP contribution in [-0.4, -0.2) is 0 Å². The fourth-order valence-corrected chi connectivity index (χ4v) is 9.44. The number of fused-ring (bicyclic) bond motifs is 9. The molecule has 0 unspecified atom stereocenters. The van der Waals surface area contributed by atoms with E-state index in [1.165, 1.54) is 52.8 Å². The van der Waals surface area contributed by atoms with Gasteiger partial charge in [-0.05, 0) is 69.8 Å². The third kappa shape index (κ3) is 4.71. The Morgan fingerprint density at radius 3 is 1.83 bits per heavy atom. The summed E-state index contributed by atoms with van der Waals surface area (Å²) in [6, 6.07) is 68.1. The lowest BCUT2D eigenvalue weighted by molar-refractivity contribution is 0.669. The van der Waals surface area contributed by atoms with Gasteiger partial charge in [0, 0.05) is 53.1 Å². The van der Waals surface area contributed by atoms with Crippen molar-refractivity contribution in [3.05, 3.63) is 188 Å². The molecule has 248 valence electrons. The maximum absolute atomic E-state index is 6.43. The number of para-hydroxylation sites is 2. The normalized spacial score (nSPS) is 11.8. The number of nitrogens with zero attached hydrogens (tertiary/aromatic N) is 1. The number of benzene rings is 9. The summed E-state index contributed by atoms with van der Waals surface area (Å²) in [5.41, 5.74) is 9.77. The van der Waals surface area contributed by atoms with Gasteiger partial charge in [-0.2, -0.15) is 0 Å². The van der Waals surface area contributed by atoms with Gasteiger partial charge < -0.3 is 9.32 Å². The first-order valence-electron chi connectivity index (χ1n) is 18.0. The molecule has 0 bridgehead atoms. The van der Waals surface area contributed by atoms with Gasteiger partial charge in [0.2, 0.25) is 0 Å². The van der Waals surface area contributed by atoms with Gasteiger partial charge in [0.05, 0.1) is 11.4 Å². The quantitative estimate of drug-likeness (QED) is 0.167. The molecule has 11 aromatic rings. The van der Waals surface area contributed by atoms with Crippen LogP contribution in [0, 0.1) is 0 Å². The summed E-state index contributed by atoms with van der Waals surface area (Å²) in [4.78, 5) is 2.51. The monoisotopic (exact) mass is 693 g/mol. The number of furan rings is 1. The minimum Gasteiger partial charge on any atom is -0.456 e. The largest absolute Gasteiger partial charge is 0.456 e. The lowest BCUT2D eigenvalue weighted by atomic mass is 9.89. The average molecular weight is 694 g/mol. The van der Waals surface area contributed by atoms with E-state index >= 15 is 0 Å². The van der Waals surface area contributed by atoms with Crippen LogP contribution in [0.2, 0.25) is 0 Å². The Hall–Kier alpha value is -6.68. The molecule has 9 aromatic carbocycles. The van der Waals surface area contributed by atoms with E-state index in [2.05, 4.69) is 181 Å². The minimum absolute atomic E-state index is 0.887. The highest BCUT2D eigenvalue weighted by Gasteiger charge is 2.26. The smallest absolute Gasteiger partial charge is 0.136 e. The molecule has 0 spiro atoms. The van der Waals surface area contributed by atoms with Gasteiger partial charge in [-0.15, -0.1) is 11.3 Å². The predicted octanol–water partition coefficient (Wildman–Crippen LogP) is 15.1. The highest BCUT2D eigenvalue weighted by Crippen LogP contribution is 2.52. The Balaban J connectivity index is 1.26. The van der Waals surface area contributed by atoms with Crippen molar-refractivity contribution in [3.63, 3.8) is 0 Å². The Bertz CT molecular complexity index is 3190. The molecule has 2 heterocycles. The summed E-state index contributed by atoms with van der Waals surface area (Å²) in [5.74, 6) is 0. The van der Waals surface area contributed by atoms with Crippen LogP contribution in [0.4, 0.5) is 17.1 Å². The highest BCUT2D eigenvalue weighted by molar-refractivity contribution is 7.25. The van der Waals surface area contributed by atoms with Crippen LogP contribution in [0.3, 0.4) is 0 Å². The molecule has 0 aliphatic carbocycles. The van der Waals surface area contributed by atoms with Gasteiger partial charge in [0.1, 0.15) is 11.2 Å². The SMILES string of the molecule is c1ccc(-c2c(N(c3ccc4c(c3)sc3ccccc34)c3ccccc3-c3ccc4c(c3)oc3ccccc34)c3ccccc3c3ccccc23)cc1. The van der Waals surface area contributed by atoms with Crippen molar-refractivity contribution < 1.29 is 4.42 Å². The topological polar surface area (TPSA) is 16.4 Å². The van der Waals surface area contributed by atoms with E-state index in [4.69, 9.17) is 4.42 Å². The summed E-state index contributed by atoms with van der Waals surface area (Å²) < 4.78 is 8.99. The number of hydrogen-bond donors (Lipinski definition) is 0. The van der Waals surface area contributed by atoms with Crippen molar-refractivity contribution in [2.75, 3.05) is 4.90 Å². The van der Waals surface area contributed by atoms with E-state index in [9.17, 15) is 0 Å². The van der Waals surface area contributed by atoms with E-state index in [1.807, 2.05) is 23.5 Å². The molecule has 0 N–H and O–H groups in total. The van der Waals surface area contributed by atoms with Gasteiger partial charge in [-0.1, -0.05) is 146 Å². The van der Waals surface area contributed by atoms with E-state index in [0.717, 1.165) is 50.1 Å². The van der Waals surface area contributed by atoms with Gasteiger partial charge >= 0.3 is 0 Å². The second-order valence-electron chi connectivity index (χ2n) is 13.6. The van der Waals surface area contributed by atoms with Gasteiger partial charge in [0.25, 0.3) is 0 Å². The van der Waals surface area contributed by atoms with Crippen LogP contribution in [0.25, 0.3) is 85.9 Å². The van der Waals surface area contributed by atoms with Crippen LogP contribution in [0.1, 0.15) is 0 Å². The summed E-state index contributed by atoms with van der Waals surface area (Å²) in [7, 11) is 0. The van der Waals surface area contributed by atoms with Gasteiger partial charge in [-0.25, -0.2) is 0 Å². The van der Waals surface area contributed by atoms with Crippen LogP contribution >= 0.6 is 11.3 Å². The predicted molar refractivity (Wildman–Crippen MR) is 227 cm³/mol. The molecule has 0 radical (unpaired) electrons. The fraction of sp³-hybridized carbons (Fsp3) is 0. The molecule has 0 fully saturated rings. The molecule has 0 amide bonds. The van der Waals surface area contributed by atoms with Crippen molar-refractivity contribution in [1.29, 1.82) is 0 Å². The summed E-state index contributed by atoms with van der Waals surface area (Å²) in [6.07, 6.45) is 0. The molecule has 0 aliphatic rings. The Kier molecular flexibility index (Phi) is 6.76. The molecule has 0 aliphatic heterocycles. The molecule has 53 heavy (non-hydrogen) atoms. The third-order valence-electron chi connectivity index (χ3n) is 10.6. The fourth-order valence-electron chi connectivity index (χ4n) is 8.30. The second kappa shape index (κ2) is 11.9. The molecular weight excluding hydrogens is 663 g/mol. The molecular formula is C50H31NOS. The van der Waals surface area contributed by atoms with Crippen molar-refractivity contribution in [1.82, 2.24) is 0 Å². The molecule has 2 nitrogen and oxygen atoms in total. The molecule has 0 saturated carbocycles. The van der Waals surface area contributed by atoms with Crippen LogP contribution in [0.15, 0.2) is 192 Å². The average Bonchev–Trinajstić information content (AvgIpc) is 3.79. The lowest BCUT2D eigenvalue weighted by Crippen LogP contribution is -2.13. The van der Waals surface area contributed by atoms with Crippen molar-refractivity contribution >= 4 is 92.1 Å². The van der Waals surface area contributed by atoms with Crippen molar-refractivity contribution in [3.8, 4) is 22.3 Å². The Labute approximate surface area is 310 Å². The maximum atomic E-state index is 6.43.